The van der Waals surface area contributed by atoms with E-state index in [1.807, 2.05) is 18.2 Å². The molecule has 0 aromatic heterocycles. The van der Waals surface area contributed by atoms with Gasteiger partial charge >= 0.3 is 0 Å². The van der Waals surface area contributed by atoms with E-state index in [9.17, 15) is 4.79 Å². The Morgan fingerprint density at radius 3 is 2.58 bits per heavy atom. The molecule has 0 heterocycles. The molecule has 4 nitrogen and oxygen atoms in total. The molecule has 0 bridgehead atoms. The van der Waals surface area contributed by atoms with Crippen LogP contribution in [-0.2, 0) is 9.53 Å². The van der Waals surface area contributed by atoms with Crippen molar-refractivity contribution in [1.82, 2.24) is 5.32 Å². The lowest BCUT2D eigenvalue weighted by molar-refractivity contribution is -0.122. The van der Waals surface area contributed by atoms with Gasteiger partial charge in [0.25, 0.3) is 0 Å². The second-order valence-corrected chi connectivity index (χ2v) is 5.07. The molecule has 1 aromatic rings. The lowest BCUT2D eigenvalue weighted by Crippen LogP contribution is -2.28. The van der Waals surface area contributed by atoms with E-state index in [1.54, 1.807) is 0 Å². The van der Waals surface area contributed by atoms with Crippen LogP contribution in [0.5, 0.6) is 0 Å². The van der Waals surface area contributed by atoms with Gasteiger partial charge in [0.05, 0.1) is 6.61 Å². The fraction of sp³-hybridized carbons (Fsp3) is 0.533. The predicted molar refractivity (Wildman–Crippen MR) is 76.7 cm³/mol. The van der Waals surface area contributed by atoms with E-state index in [4.69, 9.17) is 10.5 Å². The Morgan fingerprint density at radius 1 is 1.32 bits per heavy atom. The van der Waals surface area contributed by atoms with Crippen molar-refractivity contribution in [3.8, 4) is 0 Å². The minimum absolute atomic E-state index is 0.0120. The van der Waals surface area contributed by atoms with Crippen molar-refractivity contribution in [3.05, 3.63) is 35.9 Å². The second kappa shape index (κ2) is 8.67. The zero-order valence-electron chi connectivity index (χ0n) is 11.8. The number of nitrogens with two attached hydrogens (primary N) is 1. The average Bonchev–Trinajstić information content (AvgIpc) is 2.37. The Kier molecular flexibility index (Phi) is 7.15. The molecule has 1 aromatic carbocycles. The number of amides is 1. The molecule has 1 amide bonds. The topological polar surface area (TPSA) is 64.3 Å². The van der Waals surface area contributed by atoms with Gasteiger partial charge in [-0.25, -0.2) is 0 Å². The van der Waals surface area contributed by atoms with Gasteiger partial charge in [-0.05, 0) is 17.9 Å². The van der Waals surface area contributed by atoms with E-state index < -0.39 is 5.91 Å². The average molecular weight is 264 g/mol. The van der Waals surface area contributed by atoms with Gasteiger partial charge in [0.2, 0.25) is 5.91 Å². The molecule has 0 radical (unpaired) electrons. The lowest BCUT2D eigenvalue weighted by atomic mass is 9.97. The van der Waals surface area contributed by atoms with Crippen molar-refractivity contribution in [2.45, 2.75) is 26.3 Å². The van der Waals surface area contributed by atoms with E-state index >= 15 is 0 Å². The second-order valence-electron chi connectivity index (χ2n) is 5.07. The third-order valence-corrected chi connectivity index (χ3v) is 2.79. The SMILES string of the molecule is CC(C)CC(NCCOCC(N)=O)c1ccccc1. The van der Waals surface area contributed by atoms with E-state index in [1.165, 1.54) is 5.56 Å². The summed E-state index contributed by atoms with van der Waals surface area (Å²) in [5.41, 5.74) is 6.29. The molecular formula is C15H24N2O2. The first-order valence-electron chi connectivity index (χ1n) is 6.74. The maximum atomic E-state index is 10.5. The van der Waals surface area contributed by atoms with Crippen LogP contribution in [0, 0.1) is 5.92 Å². The van der Waals surface area contributed by atoms with E-state index in [0.717, 1.165) is 6.42 Å². The van der Waals surface area contributed by atoms with Gasteiger partial charge in [-0.3, -0.25) is 4.79 Å². The zero-order chi connectivity index (χ0) is 14.1. The normalized spacial score (nSPS) is 12.6. The van der Waals surface area contributed by atoms with Crippen LogP contribution in [0.1, 0.15) is 31.9 Å². The Bertz CT molecular complexity index is 366. The number of carbonyl (C=O) groups is 1. The van der Waals surface area contributed by atoms with Gasteiger partial charge in [0.15, 0.2) is 0 Å². The van der Waals surface area contributed by atoms with Crippen molar-refractivity contribution in [1.29, 1.82) is 0 Å². The van der Waals surface area contributed by atoms with Gasteiger partial charge < -0.3 is 15.8 Å². The van der Waals surface area contributed by atoms with Crippen LogP contribution >= 0.6 is 0 Å². The highest BCUT2D eigenvalue weighted by atomic mass is 16.5. The molecule has 106 valence electrons. The minimum atomic E-state index is -0.429. The van der Waals surface area contributed by atoms with E-state index in [2.05, 4.69) is 31.3 Å². The number of ether oxygens (including phenoxy) is 1. The number of primary amides is 1. The van der Waals surface area contributed by atoms with Crippen LogP contribution in [0.2, 0.25) is 0 Å². The van der Waals surface area contributed by atoms with Gasteiger partial charge in [-0.15, -0.1) is 0 Å². The standard InChI is InChI=1S/C15H24N2O2/c1-12(2)10-14(13-6-4-3-5-7-13)17-8-9-19-11-15(16)18/h3-7,12,14,17H,8-11H2,1-2H3,(H2,16,18). The van der Waals surface area contributed by atoms with Crippen LogP contribution in [-0.4, -0.2) is 25.7 Å². The van der Waals surface area contributed by atoms with Crippen LogP contribution in [0.25, 0.3) is 0 Å². The molecule has 0 aliphatic carbocycles. The zero-order valence-corrected chi connectivity index (χ0v) is 11.8. The number of rotatable bonds is 9. The molecule has 0 aliphatic heterocycles. The first kappa shape index (κ1) is 15.7. The summed E-state index contributed by atoms with van der Waals surface area (Å²) in [4.78, 5) is 10.5. The molecular weight excluding hydrogens is 240 g/mol. The Hall–Kier alpha value is -1.39. The molecule has 0 saturated carbocycles. The fourth-order valence-corrected chi connectivity index (χ4v) is 1.97. The summed E-state index contributed by atoms with van der Waals surface area (Å²) in [5, 5.41) is 3.46. The fourth-order valence-electron chi connectivity index (χ4n) is 1.97. The van der Waals surface area contributed by atoms with Crippen molar-refractivity contribution in [2.75, 3.05) is 19.8 Å². The molecule has 0 aliphatic rings. The number of nitrogens with one attached hydrogen (secondary N) is 1. The molecule has 19 heavy (non-hydrogen) atoms. The molecule has 0 fully saturated rings. The number of hydrogen-bond acceptors (Lipinski definition) is 3. The Balaban J connectivity index is 2.40. The molecule has 3 N–H and O–H groups in total. The third-order valence-electron chi connectivity index (χ3n) is 2.79. The Labute approximate surface area is 115 Å². The maximum absolute atomic E-state index is 10.5. The predicted octanol–water partition coefficient (Wildman–Crippen LogP) is 1.87. The molecule has 0 saturated heterocycles. The van der Waals surface area contributed by atoms with Crippen LogP contribution in [0.4, 0.5) is 0 Å². The summed E-state index contributed by atoms with van der Waals surface area (Å²) in [6.45, 7) is 5.61. The summed E-state index contributed by atoms with van der Waals surface area (Å²) in [6.07, 6.45) is 1.07. The van der Waals surface area contributed by atoms with Crippen molar-refractivity contribution >= 4 is 5.91 Å². The summed E-state index contributed by atoms with van der Waals surface area (Å²) < 4.78 is 5.15. The highest BCUT2D eigenvalue weighted by Gasteiger charge is 2.12. The quantitative estimate of drug-likeness (QED) is 0.669. The van der Waals surface area contributed by atoms with Crippen LogP contribution in [0.3, 0.4) is 0 Å². The lowest BCUT2D eigenvalue weighted by Gasteiger charge is -2.21. The van der Waals surface area contributed by atoms with Crippen molar-refractivity contribution in [2.24, 2.45) is 11.7 Å². The number of carbonyl (C=O) groups excluding carboxylic acids is 1. The van der Waals surface area contributed by atoms with E-state index in [-0.39, 0.29) is 6.61 Å². The Morgan fingerprint density at radius 2 is 2.00 bits per heavy atom. The van der Waals surface area contributed by atoms with Gasteiger partial charge in [-0.1, -0.05) is 44.2 Å². The minimum Gasteiger partial charge on any atom is -0.370 e. The highest BCUT2D eigenvalue weighted by Crippen LogP contribution is 2.20. The first-order chi connectivity index (χ1) is 9.09. The van der Waals surface area contributed by atoms with Crippen LogP contribution < -0.4 is 11.1 Å². The first-order valence-corrected chi connectivity index (χ1v) is 6.74. The molecule has 4 heteroatoms. The van der Waals surface area contributed by atoms with Crippen molar-refractivity contribution < 1.29 is 9.53 Å². The third kappa shape index (κ3) is 6.94. The largest absolute Gasteiger partial charge is 0.370 e. The molecule has 1 rings (SSSR count). The summed E-state index contributed by atoms with van der Waals surface area (Å²) >= 11 is 0. The molecule has 1 unspecified atom stereocenters. The van der Waals surface area contributed by atoms with Gasteiger partial charge in [-0.2, -0.15) is 0 Å². The summed E-state index contributed by atoms with van der Waals surface area (Å²) in [6, 6.07) is 10.7. The van der Waals surface area contributed by atoms with E-state index in [0.29, 0.717) is 25.1 Å². The monoisotopic (exact) mass is 264 g/mol. The maximum Gasteiger partial charge on any atom is 0.243 e. The number of hydrogen-bond donors (Lipinski definition) is 2. The molecule has 0 spiro atoms. The summed E-state index contributed by atoms with van der Waals surface area (Å²) in [7, 11) is 0. The van der Waals surface area contributed by atoms with Gasteiger partial charge in [0.1, 0.15) is 6.61 Å². The van der Waals surface area contributed by atoms with Crippen molar-refractivity contribution in [3.63, 3.8) is 0 Å². The highest BCUT2D eigenvalue weighted by molar-refractivity contribution is 5.74. The van der Waals surface area contributed by atoms with Crippen LogP contribution in [0.15, 0.2) is 30.3 Å². The van der Waals surface area contributed by atoms with Gasteiger partial charge in [0, 0.05) is 12.6 Å². The number of benzene rings is 1. The smallest absolute Gasteiger partial charge is 0.243 e. The molecule has 1 atom stereocenters. The summed E-state index contributed by atoms with van der Waals surface area (Å²) in [5.74, 6) is 0.186.